The molecular formula is C19H35N3O4. The van der Waals surface area contributed by atoms with Crippen molar-refractivity contribution in [3.8, 4) is 0 Å². The molecule has 7 heteroatoms. The lowest BCUT2D eigenvalue weighted by atomic mass is 10.0. The van der Waals surface area contributed by atoms with Gasteiger partial charge < -0.3 is 19.6 Å². The summed E-state index contributed by atoms with van der Waals surface area (Å²) in [6.07, 6.45) is 3.83. The largest absolute Gasteiger partial charge is 0.481 e. The summed E-state index contributed by atoms with van der Waals surface area (Å²) >= 11 is 0. The van der Waals surface area contributed by atoms with E-state index in [0.29, 0.717) is 6.04 Å². The number of carbonyl (C=O) groups is 2. The van der Waals surface area contributed by atoms with Crippen molar-refractivity contribution in [2.45, 2.75) is 64.5 Å². The average Bonchev–Trinajstić information content (AvgIpc) is 2.58. The molecule has 2 rings (SSSR count). The second-order valence-corrected chi connectivity index (χ2v) is 8.43. The first-order chi connectivity index (χ1) is 12.2. The molecule has 0 radical (unpaired) electrons. The summed E-state index contributed by atoms with van der Waals surface area (Å²) in [5.74, 6) is -0.701. The van der Waals surface area contributed by atoms with Gasteiger partial charge in [-0.2, -0.15) is 0 Å². The first-order valence-electron chi connectivity index (χ1n) is 9.91. The lowest BCUT2D eigenvalue weighted by molar-refractivity contribution is -0.137. The Morgan fingerprint density at radius 3 is 2.15 bits per heavy atom. The van der Waals surface area contributed by atoms with Crippen LogP contribution in [0.25, 0.3) is 0 Å². The van der Waals surface area contributed by atoms with E-state index in [2.05, 4.69) is 9.80 Å². The standard InChI is InChI=1S/C19H35N3O4/c1-19(2,3)26-18(25)22-10-7-16(8-11-22)21-14-12-20(13-15-21)9-5-4-6-17(23)24/h16H,4-15H2,1-3H3,(H,23,24). The van der Waals surface area contributed by atoms with Crippen molar-refractivity contribution in [2.24, 2.45) is 0 Å². The molecule has 2 aliphatic rings. The van der Waals surface area contributed by atoms with Crippen LogP contribution in [0.3, 0.4) is 0 Å². The molecule has 0 aromatic heterocycles. The Kier molecular flexibility index (Phi) is 7.70. The number of carboxylic acid groups (broad SMARTS) is 1. The van der Waals surface area contributed by atoms with Crippen molar-refractivity contribution in [2.75, 3.05) is 45.8 Å². The van der Waals surface area contributed by atoms with E-state index in [9.17, 15) is 9.59 Å². The number of carbonyl (C=O) groups excluding carboxylic acids is 1. The number of nitrogens with zero attached hydrogens (tertiary/aromatic N) is 3. The molecule has 0 bridgehead atoms. The van der Waals surface area contributed by atoms with E-state index in [1.807, 2.05) is 25.7 Å². The molecule has 0 spiro atoms. The van der Waals surface area contributed by atoms with Gasteiger partial charge in [0.05, 0.1) is 0 Å². The summed E-state index contributed by atoms with van der Waals surface area (Å²) in [6, 6.07) is 0.558. The maximum absolute atomic E-state index is 12.2. The smallest absolute Gasteiger partial charge is 0.410 e. The maximum atomic E-state index is 12.2. The summed E-state index contributed by atoms with van der Waals surface area (Å²) < 4.78 is 5.46. The molecule has 0 aromatic carbocycles. The van der Waals surface area contributed by atoms with Gasteiger partial charge in [0.2, 0.25) is 0 Å². The highest BCUT2D eigenvalue weighted by atomic mass is 16.6. The maximum Gasteiger partial charge on any atom is 0.410 e. The first-order valence-corrected chi connectivity index (χ1v) is 9.91. The minimum absolute atomic E-state index is 0.192. The average molecular weight is 370 g/mol. The summed E-state index contributed by atoms with van der Waals surface area (Å²) in [5.41, 5.74) is -0.436. The molecular weight excluding hydrogens is 334 g/mol. The third kappa shape index (κ3) is 7.11. The predicted molar refractivity (Wildman–Crippen MR) is 100 cm³/mol. The fraction of sp³-hybridized carbons (Fsp3) is 0.895. The molecule has 0 atom stereocenters. The third-order valence-corrected chi connectivity index (χ3v) is 5.15. The van der Waals surface area contributed by atoms with Crippen LogP contribution in [0.1, 0.15) is 52.9 Å². The van der Waals surface area contributed by atoms with Crippen molar-refractivity contribution in [1.29, 1.82) is 0 Å². The summed E-state index contributed by atoms with van der Waals surface area (Å²) in [7, 11) is 0. The zero-order valence-electron chi connectivity index (χ0n) is 16.6. The predicted octanol–water partition coefficient (Wildman–Crippen LogP) is 2.26. The van der Waals surface area contributed by atoms with E-state index >= 15 is 0 Å². The van der Waals surface area contributed by atoms with E-state index < -0.39 is 11.6 Å². The molecule has 0 saturated carbocycles. The summed E-state index contributed by atoms with van der Waals surface area (Å²) in [6.45, 7) is 12.5. The topological polar surface area (TPSA) is 73.3 Å². The van der Waals surface area contributed by atoms with Crippen LogP contribution in [-0.4, -0.2) is 89.3 Å². The number of unbranched alkanes of at least 4 members (excludes halogenated alkanes) is 1. The van der Waals surface area contributed by atoms with Gasteiger partial charge in [0.25, 0.3) is 0 Å². The molecule has 7 nitrogen and oxygen atoms in total. The van der Waals surface area contributed by atoms with Crippen molar-refractivity contribution in [1.82, 2.24) is 14.7 Å². The minimum atomic E-state index is -0.701. The molecule has 0 aliphatic carbocycles. The highest BCUT2D eigenvalue weighted by Crippen LogP contribution is 2.20. The Bertz CT molecular complexity index is 462. The first kappa shape index (κ1) is 21.0. The van der Waals surface area contributed by atoms with Gasteiger partial charge in [0.15, 0.2) is 0 Å². The molecule has 2 aliphatic heterocycles. The lowest BCUT2D eigenvalue weighted by Gasteiger charge is -2.42. The zero-order valence-corrected chi connectivity index (χ0v) is 16.6. The molecule has 2 saturated heterocycles. The number of amides is 1. The number of hydrogen-bond acceptors (Lipinski definition) is 5. The monoisotopic (exact) mass is 369 g/mol. The number of ether oxygens (including phenoxy) is 1. The minimum Gasteiger partial charge on any atom is -0.481 e. The number of carboxylic acids is 1. The number of piperidine rings is 1. The van der Waals surface area contributed by atoms with Crippen LogP contribution in [0, 0.1) is 0 Å². The van der Waals surface area contributed by atoms with Crippen LogP contribution in [0.4, 0.5) is 4.79 Å². The Balaban J connectivity index is 1.63. The number of likely N-dealkylation sites (tertiary alicyclic amines) is 1. The summed E-state index contributed by atoms with van der Waals surface area (Å²) in [5, 5.41) is 8.69. The Morgan fingerprint density at radius 1 is 1.00 bits per heavy atom. The van der Waals surface area contributed by atoms with Gasteiger partial charge in [0.1, 0.15) is 5.60 Å². The normalized spacial score (nSPS) is 21.0. The van der Waals surface area contributed by atoms with E-state index in [0.717, 1.165) is 71.5 Å². The van der Waals surface area contributed by atoms with Crippen molar-refractivity contribution >= 4 is 12.1 Å². The molecule has 2 fully saturated rings. The Labute approximate surface area is 157 Å². The van der Waals surface area contributed by atoms with Crippen molar-refractivity contribution in [3.63, 3.8) is 0 Å². The molecule has 1 amide bonds. The summed E-state index contributed by atoms with van der Waals surface area (Å²) in [4.78, 5) is 29.5. The van der Waals surface area contributed by atoms with Crippen LogP contribution >= 0.6 is 0 Å². The molecule has 0 aromatic rings. The third-order valence-electron chi connectivity index (χ3n) is 5.15. The molecule has 2 heterocycles. The fourth-order valence-electron chi connectivity index (χ4n) is 3.70. The van der Waals surface area contributed by atoms with Gasteiger partial charge in [0, 0.05) is 51.7 Å². The van der Waals surface area contributed by atoms with Gasteiger partial charge in [-0.05, 0) is 53.0 Å². The quantitative estimate of drug-likeness (QED) is 0.724. The number of aliphatic carboxylic acids is 1. The second kappa shape index (κ2) is 9.55. The zero-order chi connectivity index (χ0) is 19.2. The SMILES string of the molecule is CC(C)(C)OC(=O)N1CCC(N2CCN(CCCCC(=O)O)CC2)CC1. The van der Waals surface area contributed by atoms with E-state index in [4.69, 9.17) is 9.84 Å². The lowest BCUT2D eigenvalue weighted by Crippen LogP contribution is -2.54. The molecule has 1 N–H and O–H groups in total. The highest BCUT2D eigenvalue weighted by Gasteiger charge is 2.30. The van der Waals surface area contributed by atoms with E-state index in [1.165, 1.54) is 0 Å². The van der Waals surface area contributed by atoms with Crippen molar-refractivity contribution < 1.29 is 19.4 Å². The number of piperazine rings is 1. The molecule has 0 unspecified atom stereocenters. The van der Waals surface area contributed by atoms with Gasteiger partial charge in [-0.3, -0.25) is 9.69 Å². The van der Waals surface area contributed by atoms with Gasteiger partial charge in [-0.1, -0.05) is 0 Å². The fourth-order valence-corrected chi connectivity index (χ4v) is 3.70. The van der Waals surface area contributed by atoms with E-state index in [-0.39, 0.29) is 12.5 Å². The van der Waals surface area contributed by atoms with Crippen LogP contribution in [0.2, 0.25) is 0 Å². The second-order valence-electron chi connectivity index (χ2n) is 8.43. The van der Waals surface area contributed by atoms with E-state index in [1.54, 1.807) is 0 Å². The number of rotatable bonds is 6. The molecule has 150 valence electrons. The van der Waals surface area contributed by atoms with Crippen molar-refractivity contribution in [3.05, 3.63) is 0 Å². The van der Waals surface area contributed by atoms with Gasteiger partial charge >= 0.3 is 12.1 Å². The van der Waals surface area contributed by atoms with Crippen LogP contribution in [0.5, 0.6) is 0 Å². The highest BCUT2D eigenvalue weighted by molar-refractivity contribution is 5.68. The Morgan fingerprint density at radius 2 is 1.62 bits per heavy atom. The van der Waals surface area contributed by atoms with Crippen LogP contribution in [0.15, 0.2) is 0 Å². The Hall–Kier alpha value is -1.34. The van der Waals surface area contributed by atoms with Gasteiger partial charge in [-0.25, -0.2) is 4.79 Å². The van der Waals surface area contributed by atoms with Crippen LogP contribution in [-0.2, 0) is 9.53 Å². The molecule has 26 heavy (non-hydrogen) atoms. The number of hydrogen-bond donors (Lipinski definition) is 1. The van der Waals surface area contributed by atoms with Crippen LogP contribution < -0.4 is 0 Å². The van der Waals surface area contributed by atoms with Gasteiger partial charge in [-0.15, -0.1) is 0 Å².